The molecule has 3 N–H and O–H groups in total. The van der Waals surface area contributed by atoms with Crippen LogP contribution in [0.25, 0.3) is 0 Å². The van der Waals surface area contributed by atoms with Crippen LogP contribution in [0.2, 0.25) is 0 Å². The lowest BCUT2D eigenvalue weighted by molar-refractivity contribution is -0.129. The van der Waals surface area contributed by atoms with E-state index >= 15 is 0 Å². The molecule has 0 radical (unpaired) electrons. The van der Waals surface area contributed by atoms with E-state index in [-0.39, 0.29) is 36.2 Å². The van der Waals surface area contributed by atoms with Gasteiger partial charge in [0.05, 0.1) is 13.2 Å². The lowest BCUT2D eigenvalue weighted by atomic mass is 9.94. The number of fused-ring (bicyclic) bond motifs is 1. The van der Waals surface area contributed by atoms with Crippen LogP contribution in [0.4, 0.5) is 5.69 Å². The minimum atomic E-state index is -0.603. The molecule has 1 unspecified atom stereocenters. The van der Waals surface area contributed by atoms with Crippen LogP contribution in [0.5, 0.6) is 5.75 Å². The third-order valence-corrected chi connectivity index (χ3v) is 5.55. The van der Waals surface area contributed by atoms with Gasteiger partial charge in [-0.25, -0.2) is 0 Å². The summed E-state index contributed by atoms with van der Waals surface area (Å²) in [5, 5.41) is 9.16. The number of hydrogen-bond donors (Lipinski definition) is 3. The summed E-state index contributed by atoms with van der Waals surface area (Å²) in [5.74, 6) is 0.371. The van der Waals surface area contributed by atoms with Gasteiger partial charge in [-0.1, -0.05) is 44.5 Å². The van der Waals surface area contributed by atoms with Crippen molar-refractivity contribution in [3.63, 3.8) is 0 Å². The second kappa shape index (κ2) is 11.0. The van der Waals surface area contributed by atoms with Crippen molar-refractivity contribution in [2.45, 2.75) is 45.3 Å². The van der Waals surface area contributed by atoms with Crippen molar-refractivity contribution in [1.82, 2.24) is 10.6 Å². The van der Waals surface area contributed by atoms with E-state index in [9.17, 15) is 9.59 Å². The third-order valence-electron chi connectivity index (χ3n) is 5.55. The number of hydrogen-bond acceptors (Lipinski definition) is 4. The highest BCUT2D eigenvalue weighted by atomic mass is 35.5. The van der Waals surface area contributed by atoms with Gasteiger partial charge in [0.1, 0.15) is 11.8 Å². The van der Waals surface area contributed by atoms with Crippen molar-refractivity contribution >= 4 is 29.9 Å². The maximum atomic E-state index is 12.9. The van der Waals surface area contributed by atoms with Crippen molar-refractivity contribution in [3.05, 3.63) is 59.7 Å². The number of nitrogens with one attached hydrogen (secondary N) is 3. The lowest BCUT2D eigenvalue weighted by Crippen LogP contribution is -2.55. The fraction of sp³-hybridized carbons (Fsp3) is 0.391. The van der Waals surface area contributed by atoms with E-state index in [0.717, 1.165) is 12.2 Å². The van der Waals surface area contributed by atoms with Crippen molar-refractivity contribution in [1.29, 1.82) is 0 Å². The van der Waals surface area contributed by atoms with Crippen molar-refractivity contribution in [2.24, 2.45) is 5.92 Å². The molecule has 1 aliphatic rings. The molecule has 0 fully saturated rings. The number of anilines is 1. The zero-order valence-corrected chi connectivity index (χ0v) is 18.4. The topological polar surface area (TPSA) is 79.5 Å². The van der Waals surface area contributed by atoms with Gasteiger partial charge < -0.3 is 20.7 Å². The molecule has 7 heteroatoms. The summed E-state index contributed by atoms with van der Waals surface area (Å²) in [4.78, 5) is 25.8. The largest absolute Gasteiger partial charge is 0.497 e. The van der Waals surface area contributed by atoms with Crippen LogP contribution in [0.1, 0.15) is 31.4 Å². The van der Waals surface area contributed by atoms with Crippen LogP contribution < -0.4 is 20.7 Å². The van der Waals surface area contributed by atoms with Crippen LogP contribution in [-0.4, -0.2) is 31.0 Å². The van der Waals surface area contributed by atoms with Crippen LogP contribution >= 0.6 is 12.4 Å². The summed E-state index contributed by atoms with van der Waals surface area (Å²) in [7, 11) is 1.60. The molecule has 0 aliphatic carbocycles. The molecule has 30 heavy (non-hydrogen) atoms. The number of halogens is 1. The van der Waals surface area contributed by atoms with E-state index in [0.29, 0.717) is 18.7 Å². The van der Waals surface area contributed by atoms with Gasteiger partial charge in [0, 0.05) is 12.2 Å². The number of rotatable bonds is 7. The molecular weight excluding hydrogens is 402 g/mol. The Hall–Kier alpha value is -2.57. The molecule has 1 heterocycles. The van der Waals surface area contributed by atoms with Gasteiger partial charge in [0.15, 0.2) is 0 Å². The molecule has 2 aromatic carbocycles. The minimum absolute atomic E-state index is 0. The van der Waals surface area contributed by atoms with Crippen LogP contribution in [0, 0.1) is 5.92 Å². The molecule has 3 atom stereocenters. The monoisotopic (exact) mass is 431 g/mol. The number of carbonyl (C=O) groups is 2. The first-order valence-electron chi connectivity index (χ1n) is 10.1. The summed E-state index contributed by atoms with van der Waals surface area (Å²) in [6, 6.07) is 14.3. The van der Waals surface area contributed by atoms with Crippen LogP contribution in [-0.2, 0) is 22.6 Å². The molecule has 0 saturated heterocycles. The van der Waals surface area contributed by atoms with Gasteiger partial charge in [0.25, 0.3) is 0 Å². The third kappa shape index (κ3) is 5.74. The predicted molar refractivity (Wildman–Crippen MR) is 121 cm³/mol. The summed E-state index contributed by atoms with van der Waals surface area (Å²) in [6.45, 7) is 4.64. The smallest absolute Gasteiger partial charge is 0.247 e. The first kappa shape index (κ1) is 23.7. The Balaban J connectivity index is 0.00000320. The zero-order valence-electron chi connectivity index (χ0n) is 17.6. The Labute approximate surface area is 184 Å². The molecule has 2 amide bonds. The summed E-state index contributed by atoms with van der Waals surface area (Å²) < 4.78 is 5.15. The number of carbonyl (C=O) groups excluding carboxylic acids is 2. The van der Waals surface area contributed by atoms with E-state index in [1.165, 1.54) is 11.1 Å². The highest BCUT2D eigenvalue weighted by molar-refractivity contribution is 5.98. The van der Waals surface area contributed by atoms with Gasteiger partial charge in [-0.05, 0) is 47.7 Å². The molecule has 0 spiro atoms. The Kier molecular flexibility index (Phi) is 8.69. The molecule has 1 aliphatic heterocycles. The number of amides is 2. The summed E-state index contributed by atoms with van der Waals surface area (Å²) in [6.07, 6.45) is 1.40. The molecular formula is C23H30ClN3O3. The molecule has 0 bridgehead atoms. The van der Waals surface area contributed by atoms with E-state index in [2.05, 4.69) is 28.1 Å². The van der Waals surface area contributed by atoms with Gasteiger partial charge in [-0.15, -0.1) is 12.4 Å². The summed E-state index contributed by atoms with van der Waals surface area (Å²) >= 11 is 0. The lowest BCUT2D eigenvalue weighted by Gasteiger charge is -2.29. The Morgan fingerprint density at radius 2 is 1.80 bits per heavy atom. The van der Waals surface area contributed by atoms with Gasteiger partial charge in [-0.2, -0.15) is 0 Å². The van der Waals surface area contributed by atoms with Crippen molar-refractivity contribution in [2.75, 3.05) is 12.4 Å². The van der Waals surface area contributed by atoms with Crippen molar-refractivity contribution in [3.8, 4) is 5.75 Å². The first-order valence-corrected chi connectivity index (χ1v) is 10.1. The quantitative estimate of drug-likeness (QED) is 0.628. The van der Waals surface area contributed by atoms with Crippen LogP contribution in [0.15, 0.2) is 48.5 Å². The Morgan fingerprint density at radius 1 is 1.13 bits per heavy atom. The molecule has 6 nitrogen and oxygen atoms in total. The fourth-order valence-electron chi connectivity index (χ4n) is 3.49. The fourth-order valence-corrected chi connectivity index (χ4v) is 3.49. The number of methoxy groups -OCH3 is 1. The Morgan fingerprint density at radius 3 is 2.43 bits per heavy atom. The highest BCUT2D eigenvalue weighted by Gasteiger charge is 2.30. The number of benzene rings is 2. The maximum absolute atomic E-state index is 12.9. The predicted octanol–water partition coefficient (Wildman–Crippen LogP) is 3.30. The molecule has 162 valence electrons. The van der Waals surface area contributed by atoms with E-state index in [1.807, 2.05) is 26.0 Å². The van der Waals surface area contributed by atoms with E-state index < -0.39 is 6.04 Å². The summed E-state index contributed by atoms with van der Waals surface area (Å²) in [5.41, 5.74) is 3.06. The standard InChI is InChI=1S/C23H29N3O3.ClH/c1-4-15(2)21(23(28)25-18-9-11-19(29-3)12-10-18)26-22(27)20-13-16-7-5-6-8-17(16)14-24-20;/h5-12,15,20-21,24H,4,13-14H2,1-3H3,(H,25,28)(H,26,27);1H/t15?,20-,21-;/m0./s1. The SMILES string of the molecule is CCC(C)[C@H](NC(=O)[C@@H]1Cc2ccccc2CN1)C(=O)Nc1ccc(OC)cc1.Cl. The van der Waals surface area contributed by atoms with Gasteiger partial charge in [-0.3, -0.25) is 9.59 Å². The normalized spacial score (nSPS) is 17.0. The molecule has 0 aromatic heterocycles. The van der Waals surface area contributed by atoms with E-state index in [4.69, 9.17) is 4.74 Å². The molecule has 2 aromatic rings. The Bertz CT molecular complexity index is 857. The maximum Gasteiger partial charge on any atom is 0.247 e. The highest BCUT2D eigenvalue weighted by Crippen LogP contribution is 2.19. The van der Waals surface area contributed by atoms with Gasteiger partial charge in [0.2, 0.25) is 11.8 Å². The second-order valence-corrected chi connectivity index (χ2v) is 7.50. The van der Waals surface area contributed by atoms with Crippen LogP contribution in [0.3, 0.4) is 0 Å². The zero-order chi connectivity index (χ0) is 20.8. The minimum Gasteiger partial charge on any atom is -0.497 e. The molecule has 0 saturated carbocycles. The van der Waals surface area contributed by atoms with Crippen molar-refractivity contribution < 1.29 is 14.3 Å². The average molecular weight is 432 g/mol. The molecule has 3 rings (SSSR count). The first-order chi connectivity index (χ1) is 14.0. The average Bonchev–Trinajstić information content (AvgIpc) is 2.76. The van der Waals surface area contributed by atoms with Gasteiger partial charge >= 0.3 is 0 Å². The second-order valence-electron chi connectivity index (χ2n) is 7.50. The number of ether oxygens (including phenoxy) is 1. The van der Waals surface area contributed by atoms with E-state index in [1.54, 1.807) is 31.4 Å².